The van der Waals surface area contributed by atoms with Crippen molar-refractivity contribution < 1.29 is 14.3 Å². The molecule has 0 radical (unpaired) electrons. The van der Waals surface area contributed by atoms with Gasteiger partial charge in [0.2, 0.25) is 0 Å². The standard InChI is InChI=1S/C21H20N6O3/c22-11-14-10-17(24-12-14)21(29)27-8-6-16-18(13-27)25-26-19(16)20(28)23-7-9-30-15-4-2-1-3-5-15/h1-5,10,12,24H,6-9,13H2,(H,23,28)(H,25,26). The van der Waals surface area contributed by atoms with Gasteiger partial charge >= 0.3 is 0 Å². The summed E-state index contributed by atoms with van der Waals surface area (Å²) in [5.74, 6) is 0.283. The second-order valence-corrected chi connectivity index (χ2v) is 6.84. The van der Waals surface area contributed by atoms with E-state index >= 15 is 0 Å². The Bertz CT molecular complexity index is 1100. The Morgan fingerprint density at radius 2 is 2.13 bits per heavy atom. The Labute approximate surface area is 172 Å². The van der Waals surface area contributed by atoms with Gasteiger partial charge in [-0.3, -0.25) is 14.7 Å². The third-order valence-corrected chi connectivity index (χ3v) is 4.88. The smallest absolute Gasteiger partial charge is 0.272 e. The van der Waals surface area contributed by atoms with Gasteiger partial charge in [0.15, 0.2) is 5.69 Å². The summed E-state index contributed by atoms with van der Waals surface area (Å²) < 4.78 is 5.57. The number of ether oxygens (including phenoxy) is 1. The molecule has 152 valence electrons. The van der Waals surface area contributed by atoms with Crippen molar-refractivity contribution in [2.45, 2.75) is 13.0 Å². The first-order chi connectivity index (χ1) is 14.7. The maximum atomic E-state index is 12.6. The van der Waals surface area contributed by atoms with Crippen molar-refractivity contribution in [1.29, 1.82) is 5.26 Å². The van der Waals surface area contributed by atoms with Crippen LogP contribution < -0.4 is 10.1 Å². The van der Waals surface area contributed by atoms with Gasteiger partial charge in [0.05, 0.1) is 24.3 Å². The molecule has 0 fully saturated rings. The molecule has 9 nitrogen and oxygen atoms in total. The summed E-state index contributed by atoms with van der Waals surface area (Å²) in [5.41, 5.74) is 2.69. The van der Waals surface area contributed by atoms with Crippen LogP contribution in [0.25, 0.3) is 0 Å². The van der Waals surface area contributed by atoms with Crippen LogP contribution in [0.4, 0.5) is 0 Å². The van der Waals surface area contributed by atoms with Gasteiger partial charge in [-0.2, -0.15) is 10.4 Å². The fourth-order valence-electron chi connectivity index (χ4n) is 3.37. The van der Waals surface area contributed by atoms with Gasteiger partial charge in [0, 0.05) is 18.3 Å². The lowest BCUT2D eigenvalue weighted by molar-refractivity contribution is 0.0727. The largest absolute Gasteiger partial charge is 0.492 e. The van der Waals surface area contributed by atoms with Crippen molar-refractivity contribution in [1.82, 2.24) is 25.4 Å². The lowest BCUT2D eigenvalue weighted by Gasteiger charge is -2.26. The molecule has 2 aromatic heterocycles. The van der Waals surface area contributed by atoms with Gasteiger partial charge in [-0.05, 0) is 24.6 Å². The molecule has 4 rings (SSSR count). The van der Waals surface area contributed by atoms with E-state index in [4.69, 9.17) is 10.00 Å². The van der Waals surface area contributed by atoms with E-state index in [2.05, 4.69) is 20.5 Å². The highest BCUT2D eigenvalue weighted by molar-refractivity contribution is 5.95. The molecule has 0 atom stereocenters. The average molecular weight is 404 g/mol. The molecule has 1 aliphatic rings. The summed E-state index contributed by atoms with van der Waals surface area (Å²) in [4.78, 5) is 29.6. The van der Waals surface area contributed by atoms with E-state index in [9.17, 15) is 9.59 Å². The van der Waals surface area contributed by atoms with Gasteiger partial charge in [0.1, 0.15) is 24.1 Å². The van der Waals surface area contributed by atoms with Gasteiger partial charge in [0.25, 0.3) is 11.8 Å². The Kier molecular flexibility index (Phi) is 5.48. The third kappa shape index (κ3) is 4.03. The summed E-state index contributed by atoms with van der Waals surface area (Å²) in [6.07, 6.45) is 2.02. The lowest BCUT2D eigenvalue weighted by Crippen LogP contribution is -2.37. The molecule has 0 spiro atoms. The molecule has 0 aliphatic carbocycles. The van der Waals surface area contributed by atoms with Crippen LogP contribution in [0.3, 0.4) is 0 Å². The molecule has 3 N–H and O–H groups in total. The summed E-state index contributed by atoms with van der Waals surface area (Å²) in [6, 6.07) is 12.9. The number of hydrogen-bond donors (Lipinski definition) is 3. The highest BCUT2D eigenvalue weighted by atomic mass is 16.5. The van der Waals surface area contributed by atoms with E-state index in [1.54, 1.807) is 4.90 Å². The molecular formula is C21H20N6O3. The zero-order valence-corrected chi connectivity index (χ0v) is 16.1. The van der Waals surface area contributed by atoms with E-state index < -0.39 is 0 Å². The van der Waals surface area contributed by atoms with Crippen LogP contribution in [-0.4, -0.2) is 51.6 Å². The number of rotatable bonds is 6. The number of H-pyrrole nitrogens is 2. The number of carbonyl (C=O) groups is 2. The minimum Gasteiger partial charge on any atom is -0.492 e. The third-order valence-electron chi connectivity index (χ3n) is 4.88. The van der Waals surface area contributed by atoms with Crippen molar-refractivity contribution >= 4 is 11.8 Å². The SMILES string of the molecule is N#Cc1c[nH]c(C(=O)N2CCc3c(C(=O)NCCOc4ccccc4)n[nH]c3C2)c1. The fourth-order valence-corrected chi connectivity index (χ4v) is 3.37. The number of para-hydroxylation sites is 1. The van der Waals surface area contributed by atoms with Gasteiger partial charge in [-0.1, -0.05) is 18.2 Å². The summed E-state index contributed by atoms with van der Waals surface area (Å²) in [6.45, 7) is 1.50. The summed E-state index contributed by atoms with van der Waals surface area (Å²) >= 11 is 0. The number of amides is 2. The Hall–Kier alpha value is -4.06. The molecule has 0 saturated carbocycles. The van der Waals surface area contributed by atoms with Gasteiger partial charge in [-0.25, -0.2) is 0 Å². The normalized spacial score (nSPS) is 12.7. The highest BCUT2D eigenvalue weighted by Gasteiger charge is 2.28. The molecule has 9 heteroatoms. The molecule has 3 heterocycles. The van der Waals surface area contributed by atoms with Gasteiger partial charge < -0.3 is 19.9 Å². The first kappa shape index (κ1) is 19.3. The average Bonchev–Trinajstić information content (AvgIpc) is 3.43. The van der Waals surface area contributed by atoms with Crippen LogP contribution in [0.2, 0.25) is 0 Å². The first-order valence-corrected chi connectivity index (χ1v) is 9.55. The number of nitrogens with zero attached hydrogens (tertiary/aromatic N) is 3. The predicted molar refractivity (Wildman–Crippen MR) is 107 cm³/mol. The van der Waals surface area contributed by atoms with Crippen molar-refractivity contribution in [3.8, 4) is 11.8 Å². The maximum absolute atomic E-state index is 12.6. The number of aromatic nitrogens is 3. The van der Waals surface area contributed by atoms with Crippen molar-refractivity contribution in [2.75, 3.05) is 19.7 Å². The zero-order chi connectivity index (χ0) is 20.9. The van der Waals surface area contributed by atoms with Crippen molar-refractivity contribution in [2.24, 2.45) is 0 Å². The topological polar surface area (TPSA) is 127 Å². The van der Waals surface area contributed by atoms with Crippen molar-refractivity contribution in [3.63, 3.8) is 0 Å². The lowest BCUT2D eigenvalue weighted by atomic mass is 10.0. The number of fused-ring (bicyclic) bond motifs is 1. The van der Waals surface area contributed by atoms with Crippen LogP contribution in [0.15, 0.2) is 42.6 Å². The molecule has 0 unspecified atom stereocenters. The highest BCUT2D eigenvalue weighted by Crippen LogP contribution is 2.21. The molecule has 3 aromatic rings. The maximum Gasteiger partial charge on any atom is 0.272 e. The van der Waals surface area contributed by atoms with E-state index in [1.807, 2.05) is 36.4 Å². The summed E-state index contributed by atoms with van der Waals surface area (Å²) in [7, 11) is 0. The molecule has 1 aromatic carbocycles. The Morgan fingerprint density at radius 3 is 2.90 bits per heavy atom. The van der Waals surface area contributed by atoms with Crippen molar-refractivity contribution in [3.05, 3.63) is 70.8 Å². The summed E-state index contributed by atoms with van der Waals surface area (Å²) in [5, 5.41) is 18.8. The number of aromatic amines is 2. The van der Waals surface area contributed by atoms with Crippen LogP contribution in [-0.2, 0) is 13.0 Å². The number of carbonyl (C=O) groups excluding carboxylic acids is 2. The van der Waals surface area contributed by atoms with Crippen LogP contribution in [0.5, 0.6) is 5.75 Å². The number of nitrogens with one attached hydrogen (secondary N) is 3. The van der Waals surface area contributed by atoms with E-state index in [0.717, 1.165) is 17.0 Å². The monoisotopic (exact) mass is 404 g/mol. The predicted octanol–water partition coefficient (Wildman–Crippen LogP) is 1.62. The first-order valence-electron chi connectivity index (χ1n) is 9.55. The molecule has 0 saturated heterocycles. The zero-order valence-electron chi connectivity index (χ0n) is 16.1. The molecular weight excluding hydrogens is 384 g/mol. The quantitative estimate of drug-likeness (QED) is 0.538. The minimum absolute atomic E-state index is 0.194. The second kappa shape index (κ2) is 8.53. The van der Waals surface area contributed by atoms with E-state index in [-0.39, 0.29) is 11.8 Å². The molecule has 0 bridgehead atoms. The number of hydrogen-bond acceptors (Lipinski definition) is 5. The molecule has 2 amide bonds. The fraction of sp³-hybridized carbons (Fsp3) is 0.238. The second-order valence-electron chi connectivity index (χ2n) is 6.84. The Balaban J connectivity index is 1.33. The van der Waals surface area contributed by atoms with Gasteiger partial charge in [-0.15, -0.1) is 0 Å². The van der Waals surface area contributed by atoms with Crippen LogP contribution in [0, 0.1) is 11.3 Å². The number of nitriles is 1. The van der Waals surface area contributed by atoms with Crippen LogP contribution in [0.1, 0.15) is 37.8 Å². The van der Waals surface area contributed by atoms with E-state index in [0.29, 0.717) is 49.6 Å². The van der Waals surface area contributed by atoms with E-state index in [1.165, 1.54) is 12.3 Å². The molecule has 1 aliphatic heterocycles. The Morgan fingerprint density at radius 1 is 1.30 bits per heavy atom. The van der Waals surface area contributed by atoms with Crippen LogP contribution >= 0.6 is 0 Å². The minimum atomic E-state index is -0.271. The number of benzene rings is 1. The molecule has 30 heavy (non-hydrogen) atoms.